The molecule has 1 amide bonds. The minimum absolute atomic E-state index is 0.00715. The van der Waals surface area contributed by atoms with Crippen molar-refractivity contribution in [2.45, 2.75) is 18.4 Å². The van der Waals surface area contributed by atoms with E-state index < -0.39 is 15.9 Å². The molecule has 1 N–H and O–H groups in total. The first kappa shape index (κ1) is 26.9. The number of nitrogens with zero attached hydrogens (tertiary/aromatic N) is 2. The number of hydrogen-bond acceptors (Lipinski definition) is 5. The lowest BCUT2D eigenvalue weighted by Crippen LogP contribution is -2.33. The molecule has 0 aliphatic heterocycles. The average molecular weight is 548 g/mol. The molecule has 7 nitrogen and oxygen atoms in total. The van der Waals surface area contributed by atoms with Crippen LogP contribution in [0.25, 0.3) is 0 Å². The molecular formula is C29H26ClN3O4S. The van der Waals surface area contributed by atoms with E-state index in [1.54, 1.807) is 104 Å². The number of halogens is 1. The largest absolute Gasteiger partial charge is 0.497 e. The van der Waals surface area contributed by atoms with E-state index in [2.05, 4.69) is 10.5 Å². The van der Waals surface area contributed by atoms with E-state index in [1.165, 1.54) is 10.5 Å². The molecule has 194 valence electrons. The number of rotatable bonds is 9. The molecule has 38 heavy (non-hydrogen) atoms. The Hall–Kier alpha value is -4.14. The lowest BCUT2D eigenvalue weighted by Gasteiger charge is -2.26. The van der Waals surface area contributed by atoms with Gasteiger partial charge in [-0.2, -0.15) is 5.10 Å². The zero-order valence-corrected chi connectivity index (χ0v) is 22.4. The zero-order valence-electron chi connectivity index (χ0n) is 20.8. The van der Waals surface area contributed by atoms with Crippen LogP contribution in [0.3, 0.4) is 0 Å². The van der Waals surface area contributed by atoms with Gasteiger partial charge in [-0.3, -0.25) is 9.10 Å². The molecule has 0 saturated heterocycles. The Morgan fingerprint density at radius 1 is 0.947 bits per heavy atom. The number of aryl methyl sites for hydroxylation is 1. The van der Waals surface area contributed by atoms with E-state index in [0.717, 1.165) is 11.1 Å². The Kier molecular flexibility index (Phi) is 8.45. The van der Waals surface area contributed by atoms with Gasteiger partial charge in [0.15, 0.2) is 0 Å². The average Bonchev–Trinajstić information content (AvgIpc) is 2.93. The number of para-hydroxylation sites is 1. The van der Waals surface area contributed by atoms with Crippen LogP contribution in [0, 0.1) is 6.92 Å². The highest BCUT2D eigenvalue weighted by molar-refractivity contribution is 7.92. The highest BCUT2D eigenvalue weighted by atomic mass is 35.5. The van der Waals surface area contributed by atoms with Crippen molar-refractivity contribution in [3.8, 4) is 5.75 Å². The number of hydrazone groups is 1. The molecule has 0 spiro atoms. The van der Waals surface area contributed by atoms with Crippen LogP contribution in [0.4, 0.5) is 5.69 Å². The van der Waals surface area contributed by atoms with E-state index in [9.17, 15) is 13.2 Å². The van der Waals surface area contributed by atoms with Gasteiger partial charge in [-0.05, 0) is 78.7 Å². The number of carbonyl (C=O) groups is 1. The maximum atomic E-state index is 13.9. The normalized spacial score (nSPS) is 11.3. The van der Waals surface area contributed by atoms with Gasteiger partial charge in [0.2, 0.25) is 0 Å². The molecule has 0 saturated carbocycles. The first-order valence-corrected chi connectivity index (χ1v) is 13.5. The molecule has 4 aromatic carbocycles. The number of carbonyl (C=O) groups excluding carboxylic acids is 1. The van der Waals surface area contributed by atoms with Gasteiger partial charge in [-0.1, -0.05) is 53.6 Å². The Morgan fingerprint density at radius 2 is 1.61 bits per heavy atom. The fourth-order valence-electron chi connectivity index (χ4n) is 3.69. The first-order chi connectivity index (χ1) is 18.3. The van der Waals surface area contributed by atoms with Crippen molar-refractivity contribution < 1.29 is 17.9 Å². The molecule has 9 heteroatoms. The molecule has 0 unspecified atom stereocenters. The van der Waals surface area contributed by atoms with Crippen molar-refractivity contribution in [2.75, 3.05) is 11.4 Å². The van der Waals surface area contributed by atoms with Crippen LogP contribution in [-0.2, 0) is 16.6 Å². The summed E-state index contributed by atoms with van der Waals surface area (Å²) in [7, 11) is -2.46. The number of ether oxygens (including phenoxy) is 1. The summed E-state index contributed by atoms with van der Waals surface area (Å²) >= 11 is 6.04. The predicted molar refractivity (Wildman–Crippen MR) is 150 cm³/mol. The molecular weight excluding hydrogens is 522 g/mol. The minimum atomic E-state index is -4.04. The van der Waals surface area contributed by atoms with Gasteiger partial charge < -0.3 is 4.74 Å². The SMILES string of the molecule is COc1ccc(/C=N\NC(=O)c2ccccc2N(Cc2ccc(Cl)cc2)S(=O)(=O)c2ccc(C)cc2)cc1. The molecule has 0 heterocycles. The number of sulfonamides is 1. The summed E-state index contributed by atoms with van der Waals surface area (Å²) in [5.41, 5.74) is 5.28. The van der Waals surface area contributed by atoms with Gasteiger partial charge in [0.25, 0.3) is 15.9 Å². The van der Waals surface area contributed by atoms with E-state index in [0.29, 0.717) is 16.3 Å². The van der Waals surface area contributed by atoms with Gasteiger partial charge in [0.1, 0.15) is 5.75 Å². The second-order valence-corrected chi connectivity index (χ2v) is 10.7. The third kappa shape index (κ3) is 6.40. The summed E-state index contributed by atoms with van der Waals surface area (Å²) < 4.78 is 34.1. The van der Waals surface area contributed by atoms with Crippen molar-refractivity contribution in [1.82, 2.24) is 5.43 Å². The van der Waals surface area contributed by atoms with E-state index in [4.69, 9.17) is 16.3 Å². The maximum Gasteiger partial charge on any atom is 0.273 e. The summed E-state index contributed by atoms with van der Waals surface area (Å²) in [6.07, 6.45) is 1.49. The van der Waals surface area contributed by atoms with Crippen LogP contribution in [0.15, 0.2) is 107 Å². The number of amides is 1. The van der Waals surface area contributed by atoms with E-state index in [1.807, 2.05) is 6.92 Å². The second-order valence-electron chi connectivity index (χ2n) is 8.44. The van der Waals surface area contributed by atoms with E-state index >= 15 is 0 Å². The van der Waals surface area contributed by atoms with Crippen molar-refractivity contribution in [2.24, 2.45) is 5.10 Å². The zero-order chi connectivity index (χ0) is 27.1. The fourth-order valence-corrected chi connectivity index (χ4v) is 5.29. The highest BCUT2D eigenvalue weighted by Gasteiger charge is 2.28. The number of methoxy groups -OCH3 is 1. The minimum Gasteiger partial charge on any atom is -0.497 e. The summed E-state index contributed by atoms with van der Waals surface area (Å²) in [5, 5.41) is 4.59. The third-order valence-corrected chi connectivity index (χ3v) is 7.79. The summed E-state index contributed by atoms with van der Waals surface area (Å²) in [6.45, 7) is 1.88. The van der Waals surface area contributed by atoms with Crippen LogP contribution in [0.2, 0.25) is 5.02 Å². The lowest BCUT2D eigenvalue weighted by molar-refractivity contribution is 0.0955. The van der Waals surface area contributed by atoms with Gasteiger partial charge in [0, 0.05) is 5.02 Å². The van der Waals surface area contributed by atoms with Crippen LogP contribution in [0.5, 0.6) is 5.75 Å². The molecule has 0 aliphatic carbocycles. The van der Waals surface area contributed by atoms with Crippen molar-refractivity contribution >= 4 is 39.4 Å². The molecule has 0 atom stereocenters. The molecule has 4 rings (SSSR count). The standard InChI is InChI=1S/C29H26ClN3O4S/c1-21-7-17-26(18-8-21)38(35,36)33(20-23-9-13-24(30)14-10-23)28-6-4-3-5-27(28)29(34)32-31-19-22-11-15-25(37-2)16-12-22/h3-19H,20H2,1-2H3,(H,32,34)/b31-19-. The van der Waals surface area contributed by atoms with Gasteiger partial charge in [-0.15, -0.1) is 0 Å². The maximum absolute atomic E-state index is 13.9. The van der Waals surface area contributed by atoms with Crippen molar-refractivity contribution in [3.63, 3.8) is 0 Å². The fraction of sp³-hybridized carbons (Fsp3) is 0.103. The van der Waals surface area contributed by atoms with Gasteiger partial charge in [-0.25, -0.2) is 13.8 Å². The second kappa shape index (κ2) is 11.9. The van der Waals surface area contributed by atoms with Crippen molar-refractivity contribution in [1.29, 1.82) is 0 Å². The van der Waals surface area contributed by atoms with Crippen LogP contribution in [0.1, 0.15) is 27.0 Å². The molecule has 4 aromatic rings. The topological polar surface area (TPSA) is 88.1 Å². The van der Waals surface area contributed by atoms with E-state index in [-0.39, 0.29) is 22.7 Å². The molecule has 0 fully saturated rings. The quantitative estimate of drug-likeness (QED) is 0.211. The number of hydrogen-bond donors (Lipinski definition) is 1. The summed E-state index contributed by atoms with van der Waals surface area (Å²) in [4.78, 5) is 13.3. The highest BCUT2D eigenvalue weighted by Crippen LogP contribution is 2.30. The number of benzene rings is 4. The Bertz CT molecular complexity index is 1540. The number of nitrogens with one attached hydrogen (secondary N) is 1. The smallest absolute Gasteiger partial charge is 0.273 e. The third-order valence-electron chi connectivity index (χ3n) is 5.76. The van der Waals surface area contributed by atoms with Crippen LogP contribution < -0.4 is 14.5 Å². The monoisotopic (exact) mass is 547 g/mol. The molecule has 0 aliphatic rings. The molecule has 0 aromatic heterocycles. The summed E-state index contributed by atoms with van der Waals surface area (Å²) in [6, 6.07) is 27.2. The molecule has 0 bridgehead atoms. The van der Waals surface area contributed by atoms with Gasteiger partial charge >= 0.3 is 0 Å². The molecule has 0 radical (unpaired) electrons. The lowest BCUT2D eigenvalue weighted by atomic mass is 10.1. The Morgan fingerprint density at radius 3 is 2.26 bits per heavy atom. The van der Waals surface area contributed by atoms with Gasteiger partial charge in [0.05, 0.1) is 36.0 Å². The Balaban J connectivity index is 1.68. The van der Waals surface area contributed by atoms with Crippen molar-refractivity contribution in [3.05, 3.63) is 124 Å². The Labute approximate surface area is 227 Å². The van der Waals surface area contributed by atoms with Crippen LogP contribution in [-0.4, -0.2) is 27.6 Å². The number of anilines is 1. The van der Waals surface area contributed by atoms with Crippen LogP contribution >= 0.6 is 11.6 Å². The summed E-state index contributed by atoms with van der Waals surface area (Å²) in [5.74, 6) is 0.154. The predicted octanol–water partition coefficient (Wildman–Crippen LogP) is 5.82. The first-order valence-electron chi connectivity index (χ1n) is 11.7.